The lowest BCUT2D eigenvalue weighted by Crippen LogP contribution is -2.24. The van der Waals surface area contributed by atoms with E-state index in [0.29, 0.717) is 6.54 Å². The largest absolute Gasteiger partial charge is 0.368 e. The van der Waals surface area contributed by atoms with Crippen LogP contribution < -0.4 is 10.6 Å². The molecule has 0 radical (unpaired) electrons. The molecule has 2 aromatic heterocycles. The van der Waals surface area contributed by atoms with Gasteiger partial charge in [-0.3, -0.25) is 4.79 Å². The van der Waals surface area contributed by atoms with Gasteiger partial charge in [-0.2, -0.15) is 0 Å². The summed E-state index contributed by atoms with van der Waals surface area (Å²) in [4.78, 5) is 22.5. The number of rotatable bonds is 6. The molecule has 0 atom stereocenters. The Morgan fingerprint density at radius 1 is 1.50 bits per heavy atom. The molecule has 0 aliphatic heterocycles. The van der Waals surface area contributed by atoms with Crippen LogP contribution in [-0.2, 0) is 6.54 Å². The molecule has 7 heteroatoms. The van der Waals surface area contributed by atoms with Crippen molar-refractivity contribution in [2.45, 2.75) is 19.9 Å². The molecule has 0 fully saturated rings. The Bertz CT molecular complexity index is 570. The second kappa shape index (κ2) is 6.65. The van der Waals surface area contributed by atoms with Gasteiger partial charge in [0.05, 0.1) is 24.1 Å². The standard InChI is InChI=1S/C13H16FN5O/c1-2-4-16-12-11(14)10(3-5-17-12)13(20)18-7-9-6-15-8-19-9/h3,5-6,8H,2,4,7H2,1H3,(H,15,19)(H,16,17)(H,18,20). The van der Waals surface area contributed by atoms with Gasteiger partial charge in [0, 0.05) is 18.9 Å². The molecule has 0 aliphatic carbocycles. The summed E-state index contributed by atoms with van der Waals surface area (Å²) in [6.45, 7) is 2.83. The monoisotopic (exact) mass is 277 g/mol. The predicted molar refractivity (Wildman–Crippen MR) is 72.7 cm³/mol. The van der Waals surface area contributed by atoms with E-state index in [1.54, 1.807) is 6.20 Å². The third-order valence-electron chi connectivity index (χ3n) is 2.67. The summed E-state index contributed by atoms with van der Waals surface area (Å²) in [6, 6.07) is 1.36. The molecule has 0 bridgehead atoms. The van der Waals surface area contributed by atoms with Crippen molar-refractivity contribution in [3.63, 3.8) is 0 Å². The van der Waals surface area contributed by atoms with E-state index in [-0.39, 0.29) is 17.9 Å². The number of carbonyl (C=O) groups excluding carboxylic acids is 1. The van der Waals surface area contributed by atoms with Gasteiger partial charge in [-0.25, -0.2) is 14.4 Å². The number of carbonyl (C=O) groups is 1. The Hall–Kier alpha value is -2.44. The van der Waals surface area contributed by atoms with Crippen LogP contribution in [0.5, 0.6) is 0 Å². The smallest absolute Gasteiger partial charge is 0.254 e. The van der Waals surface area contributed by atoms with Crippen LogP contribution >= 0.6 is 0 Å². The number of imidazole rings is 1. The molecular formula is C13H16FN5O. The lowest BCUT2D eigenvalue weighted by atomic mass is 10.2. The molecule has 0 saturated carbocycles. The highest BCUT2D eigenvalue weighted by molar-refractivity contribution is 5.95. The number of aromatic amines is 1. The minimum Gasteiger partial charge on any atom is -0.368 e. The normalized spacial score (nSPS) is 10.3. The van der Waals surface area contributed by atoms with Crippen LogP contribution in [0.2, 0.25) is 0 Å². The number of pyridine rings is 1. The first kappa shape index (κ1) is 14.0. The molecular weight excluding hydrogens is 261 g/mol. The van der Waals surface area contributed by atoms with E-state index >= 15 is 0 Å². The number of H-pyrrole nitrogens is 1. The lowest BCUT2D eigenvalue weighted by molar-refractivity contribution is 0.0946. The van der Waals surface area contributed by atoms with E-state index in [9.17, 15) is 9.18 Å². The fourth-order valence-electron chi connectivity index (χ4n) is 1.64. The third-order valence-corrected chi connectivity index (χ3v) is 2.67. The maximum atomic E-state index is 14.1. The molecule has 2 rings (SSSR count). The van der Waals surface area contributed by atoms with Crippen molar-refractivity contribution in [2.75, 3.05) is 11.9 Å². The predicted octanol–water partition coefficient (Wildman–Crippen LogP) is 1.70. The Morgan fingerprint density at radius 2 is 2.35 bits per heavy atom. The average molecular weight is 277 g/mol. The number of nitrogens with one attached hydrogen (secondary N) is 3. The first-order valence-corrected chi connectivity index (χ1v) is 6.36. The van der Waals surface area contributed by atoms with Crippen LogP contribution in [0.15, 0.2) is 24.8 Å². The van der Waals surface area contributed by atoms with Crippen molar-refractivity contribution in [1.29, 1.82) is 0 Å². The van der Waals surface area contributed by atoms with Crippen LogP contribution in [0.4, 0.5) is 10.2 Å². The minimum atomic E-state index is -0.636. The Morgan fingerprint density at radius 3 is 3.05 bits per heavy atom. The average Bonchev–Trinajstić information content (AvgIpc) is 2.97. The summed E-state index contributed by atoms with van der Waals surface area (Å²) in [6.07, 6.45) is 5.36. The van der Waals surface area contributed by atoms with Gasteiger partial charge in [0.1, 0.15) is 0 Å². The van der Waals surface area contributed by atoms with E-state index in [1.165, 1.54) is 18.6 Å². The van der Waals surface area contributed by atoms with Gasteiger partial charge in [-0.1, -0.05) is 6.92 Å². The number of amides is 1. The van der Waals surface area contributed by atoms with Crippen molar-refractivity contribution in [2.24, 2.45) is 0 Å². The van der Waals surface area contributed by atoms with Gasteiger partial charge in [-0.15, -0.1) is 0 Å². The number of halogens is 1. The summed E-state index contributed by atoms with van der Waals surface area (Å²) in [7, 11) is 0. The Kier molecular flexibility index (Phi) is 4.65. The zero-order chi connectivity index (χ0) is 14.4. The van der Waals surface area contributed by atoms with Gasteiger partial charge >= 0.3 is 0 Å². The first-order valence-electron chi connectivity index (χ1n) is 6.36. The zero-order valence-corrected chi connectivity index (χ0v) is 11.1. The molecule has 3 N–H and O–H groups in total. The topological polar surface area (TPSA) is 82.7 Å². The fourth-order valence-corrected chi connectivity index (χ4v) is 1.64. The molecule has 106 valence electrons. The van der Waals surface area contributed by atoms with Gasteiger partial charge in [0.25, 0.3) is 5.91 Å². The molecule has 20 heavy (non-hydrogen) atoms. The highest BCUT2D eigenvalue weighted by Crippen LogP contribution is 2.15. The highest BCUT2D eigenvalue weighted by atomic mass is 19.1. The van der Waals surface area contributed by atoms with Crippen LogP contribution in [0.3, 0.4) is 0 Å². The van der Waals surface area contributed by atoms with Gasteiger partial charge in [0.15, 0.2) is 11.6 Å². The van der Waals surface area contributed by atoms with E-state index < -0.39 is 11.7 Å². The first-order chi connectivity index (χ1) is 9.72. The van der Waals surface area contributed by atoms with E-state index in [1.807, 2.05) is 6.92 Å². The van der Waals surface area contributed by atoms with Crippen LogP contribution in [0, 0.1) is 5.82 Å². The molecule has 0 aliphatic rings. The van der Waals surface area contributed by atoms with E-state index in [2.05, 4.69) is 25.6 Å². The molecule has 0 saturated heterocycles. The van der Waals surface area contributed by atoms with Crippen molar-refractivity contribution in [1.82, 2.24) is 20.3 Å². The quantitative estimate of drug-likeness (QED) is 0.750. The van der Waals surface area contributed by atoms with Crippen LogP contribution in [0.1, 0.15) is 29.4 Å². The summed E-state index contributed by atoms with van der Waals surface area (Å²) < 4.78 is 14.1. The molecule has 1 amide bonds. The fraction of sp³-hybridized carbons (Fsp3) is 0.308. The lowest BCUT2D eigenvalue weighted by Gasteiger charge is -2.09. The maximum Gasteiger partial charge on any atom is 0.254 e. The van der Waals surface area contributed by atoms with E-state index in [0.717, 1.165) is 12.1 Å². The third kappa shape index (κ3) is 3.31. The van der Waals surface area contributed by atoms with Gasteiger partial charge in [-0.05, 0) is 12.5 Å². The molecule has 0 spiro atoms. The molecule has 0 aromatic carbocycles. The summed E-state index contributed by atoms with van der Waals surface area (Å²) in [5.74, 6) is -1.02. The summed E-state index contributed by atoms with van der Waals surface area (Å²) >= 11 is 0. The number of anilines is 1. The van der Waals surface area contributed by atoms with Gasteiger partial charge < -0.3 is 15.6 Å². The van der Waals surface area contributed by atoms with Crippen LogP contribution in [-0.4, -0.2) is 27.4 Å². The second-order valence-electron chi connectivity index (χ2n) is 4.21. The molecule has 2 heterocycles. The number of aromatic nitrogens is 3. The van der Waals surface area contributed by atoms with Crippen molar-refractivity contribution >= 4 is 11.7 Å². The molecule has 6 nitrogen and oxygen atoms in total. The summed E-state index contributed by atoms with van der Waals surface area (Å²) in [5, 5.41) is 5.47. The number of nitrogens with zero attached hydrogens (tertiary/aromatic N) is 2. The second-order valence-corrected chi connectivity index (χ2v) is 4.21. The molecule has 0 unspecified atom stereocenters. The minimum absolute atomic E-state index is 0.0295. The van der Waals surface area contributed by atoms with Crippen LogP contribution in [0.25, 0.3) is 0 Å². The Labute approximate surface area is 115 Å². The van der Waals surface area contributed by atoms with Crippen molar-refractivity contribution in [3.05, 3.63) is 41.9 Å². The SMILES string of the molecule is CCCNc1nccc(C(=O)NCc2cnc[nH]2)c1F. The number of hydrogen-bond acceptors (Lipinski definition) is 4. The van der Waals surface area contributed by atoms with Crippen molar-refractivity contribution < 1.29 is 9.18 Å². The van der Waals surface area contributed by atoms with E-state index in [4.69, 9.17) is 0 Å². The van der Waals surface area contributed by atoms with Crippen molar-refractivity contribution in [3.8, 4) is 0 Å². The van der Waals surface area contributed by atoms with Gasteiger partial charge in [0.2, 0.25) is 0 Å². The Balaban J connectivity index is 2.05. The maximum absolute atomic E-state index is 14.1. The highest BCUT2D eigenvalue weighted by Gasteiger charge is 2.15. The molecule has 2 aromatic rings. The zero-order valence-electron chi connectivity index (χ0n) is 11.1. The summed E-state index contributed by atoms with van der Waals surface area (Å²) in [5.41, 5.74) is 0.718. The number of hydrogen-bond donors (Lipinski definition) is 3.